The molecule has 1 atom stereocenters. The van der Waals surface area contributed by atoms with E-state index < -0.39 is 5.79 Å². The molecule has 1 N–H and O–H groups in total. The van der Waals surface area contributed by atoms with E-state index in [2.05, 4.69) is 5.32 Å². The van der Waals surface area contributed by atoms with E-state index in [1.807, 2.05) is 20.8 Å². The van der Waals surface area contributed by atoms with Crippen LogP contribution in [0.4, 0.5) is 0 Å². The highest BCUT2D eigenvalue weighted by Crippen LogP contribution is 2.23. The molecule has 110 valence electrons. The van der Waals surface area contributed by atoms with Crippen molar-refractivity contribution >= 4 is 11.7 Å². The van der Waals surface area contributed by atoms with Crippen LogP contribution in [0.15, 0.2) is 0 Å². The van der Waals surface area contributed by atoms with E-state index in [0.29, 0.717) is 26.1 Å². The molecule has 1 saturated heterocycles. The molecule has 0 aromatic heterocycles. The monoisotopic (exact) mass is 271 g/mol. The molecule has 0 unspecified atom stereocenters. The predicted octanol–water partition coefficient (Wildman–Crippen LogP) is 1.79. The minimum atomic E-state index is -0.627. The van der Waals surface area contributed by atoms with Crippen LogP contribution in [0.1, 0.15) is 52.9 Å². The van der Waals surface area contributed by atoms with E-state index in [1.54, 1.807) is 0 Å². The SMILES string of the molecule is CCCC(=O)CC(=O)N[C@@H](C)CC1(C)OCCCO1. The number of carbonyl (C=O) groups is 2. The van der Waals surface area contributed by atoms with E-state index in [0.717, 1.165) is 12.8 Å². The van der Waals surface area contributed by atoms with Crippen LogP contribution < -0.4 is 5.32 Å². The van der Waals surface area contributed by atoms with Crippen LogP contribution in [-0.4, -0.2) is 36.7 Å². The van der Waals surface area contributed by atoms with Crippen molar-refractivity contribution in [1.82, 2.24) is 5.32 Å². The Morgan fingerprint density at radius 2 is 1.95 bits per heavy atom. The first-order chi connectivity index (χ1) is 8.95. The standard InChI is InChI=1S/C14H25NO4/c1-4-6-12(16)9-13(17)15-11(2)10-14(3)18-7-5-8-19-14/h11H,4-10H2,1-3H3,(H,15,17)/t11-/m0/s1. The zero-order chi connectivity index (χ0) is 14.3. The molecule has 19 heavy (non-hydrogen) atoms. The molecule has 1 fully saturated rings. The third-order valence-electron chi connectivity index (χ3n) is 3.07. The molecule has 1 aliphatic heterocycles. The van der Waals surface area contributed by atoms with Gasteiger partial charge in [0.25, 0.3) is 0 Å². The summed E-state index contributed by atoms with van der Waals surface area (Å²) in [5.41, 5.74) is 0. The van der Waals surface area contributed by atoms with Crippen LogP contribution in [0.5, 0.6) is 0 Å². The average molecular weight is 271 g/mol. The topological polar surface area (TPSA) is 64.6 Å². The lowest BCUT2D eigenvalue weighted by Gasteiger charge is -2.35. The van der Waals surface area contributed by atoms with Crippen molar-refractivity contribution in [2.75, 3.05) is 13.2 Å². The third-order valence-corrected chi connectivity index (χ3v) is 3.07. The molecular formula is C14H25NO4. The number of amides is 1. The largest absolute Gasteiger partial charge is 0.353 e. The number of ether oxygens (including phenoxy) is 2. The Balaban J connectivity index is 2.31. The zero-order valence-electron chi connectivity index (χ0n) is 12.2. The fourth-order valence-electron chi connectivity index (χ4n) is 2.27. The van der Waals surface area contributed by atoms with E-state index in [4.69, 9.17) is 9.47 Å². The lowest BCUT2D eigenvalue weighted by atomic mass is 10.1. The van der Waals surface area contributed by atoms with Crippen molar-refractivity contribution in [2.24, 2.45) is 0 Å². The Bertz CT molecular complexity index is 311. The molecule has 1 rings (SSSR count). The van der Waals surface area contributed by atoms with Gasteiger partial charge >= 0.3 is 0 Å². The second-order valence-corrected chi connectivity index (χ2v) is 5.32. The van der Waals surface area contributed by atoms with Gasteiger partial charge in [0.1, 0.15) is 5.78 Å². The van der Waals surface area contributed by atoms with Crippen molar-refractivity contribution in [2.45, 2.75) is 64.7 Å². The van der Waals surface area contributed by atoms with Gasteiger partial charge in [-0.05, 0) is 26.7 Å². The number of ketones is 1. The maximum Gasteiger partial charge on any atom is 0.227 e. The van der Waals surface area contributed by atoms with Crippen LogP contribution in [0, 0.1) is 0 Å². The fourth-order valence-corrected chi connectivity index (χ4v) is 2.27. The zero-order valence-corrected chi connectivity index (χ0v) is 12.2. The van der Waals surface area contributed by atoms with E-state index in [9.17, 15) is 9.59 Å². The fraction of sp³-hybridized carbons (Fsp3) is 0.857. The van der Waals surface area contributed by atoms with Crippen molar-refractivity contribution < 1.29 is 19.1 Å². The summed E-state index contributed by atoms with van der Waals surface area (Å²) in [6.45, 7) is 7.08. The first kappa shape index (κ1) is 16.1. The minimum Gasteiger partial charge on any atom is -0.353 e. The van der Waals surface area contributed by atoms with Gasteiger partial charge in [0.05, 0.1) is 19.6 Å². The molecule has 0 saturated carbocycles. The normalized spacial score (nSPS) is 19.7. The van der Waals surface area contributed by atoms with Crippen LogP contribution >= 0.6 is 0 Å². The molecule has 5 heteroatoms. The molecular weight excluding hydrogens is 246 g/mol. The van der Waals surface area contributed by atoms with E-state index in [1.165, 1.54) is 0 Å². The van der Waals surface area contributed by atoms with Crippen LogP contribution in [-0.2, 0) is 19.1 Å². The Hall–Kier alpha value is -0.940. The number of hydrogen-bond acceptors (Lipinski definition) is 4. The molecule has 0 radical (unpaired) electrons. The van der Waals surface area contributed by atoms with Gasteiger partial charge in [-0.15, -0.1) is 0 Å². The molecule has 0 spiro atoms. The molecule has 1 aliphatic rings. The molecule has 0 aromatic carbocycles. The number of hydrogen-bond donors (Lipinski definition) is 1. The number of Topliss-reactive ketones (excluding diaryl/α,β-unsaturated/α-hetero) is 1. The van der Waals surface area contributed by atoms with Gasteiger partial charge in [-0.3, -0.25) is 9.59 Å². The van der Waals surface area contributed by atoms with Crippen LogP contribution in [0.3, 0.4) is 0 Å². The van der Waals surface area contributed by atoms with Crippen molar-refractivity contribution in [1.29, 1.82) is 0 Å². The smallest absolute Gasteiger partial charge is 0.227 e. The Kier molecular flexibility index (Phi) is 6.45. The van der Waals surface area contributed by atoms with Crippen molar-refractivity contribution in [3.05, 3.63) is 0 Å². The molecule has 0 bridgehead atoms. The summed E-state index contributed by atoms with van der Waals surface area (Å²) in [7, 11) is 0. The molecule has 5 nitrogen and oxygen atoms in total. The van der Waals surface area contributed by atoms with Crippen LogP contribution in [0.25, 0.3) is 0 Å². The third kappa shape index (κ3) is 6.16. The average Bonchev–Trinajstić information content (AvgIpc) is 2.28. The van der Waals surface area contributed by atoms with Gasteiger partial charge < -0.3 is 14.8 Å². The summed E-state index contributed by atoms with van der Waals surface area (Å²) >= 11 is 0. The number of rotatable bonds is 7. The van der Waals surface area contributed by atoms with Gasteiger partial charge in [0.2, 0.25) is 5.91 Å². The quantitative estimate of drug-likeness (QED) is 0.717. The first-order valence-electron chi connectivity index (χ1n) is 7.04. The van der Waals surface area contributed by atoms with Crippen molar-refractivity contribution in [3.63, 3.8) is 0 Å². The lowest BCUT2D eigenvalue weighted by molar-refractivity contribution is -0.260. The molecule has 0 aromatic rings. The van der Waals surface area contributed by atoms with E-state index in [-0.39, 0.29) is 24.2 Å². The van der Waals surface area contributed by atoms with Gasteiger partial charge in [0, 0.05) is 18.9 Å². The summed E-state index contributed by atoms with van der Waals surface area (Å²) in [6.07, 6.45) is 2.70. The Labute approximate surface area is 115 Å². The van der Waals surface area contributed by atoms with Gasteiger partial charge in [-0.2, -0.15) is 0 Å². The van der Waals surface area contributed by atoms with Crippen molar-refractivity contribution in [3.8, 4) is 0 Å². The summed E-state index contributed by atoms with van der Waals surface area (Å²) in [6, 6.07) is -0.0787. The van der Waals surface area contributed by atoms with E-state index >= 15 is 0 Å². The maximum atomic E-state index is 11.7. The summed E-state index contributed by atoms with van der Waals surface area (Å²) in [5.74, 6) is -0.854. The maximum absolute atomic E-state index is 11.7. The number of carbonyl (C=O) groups excluding carboxylic acids is 2. The lowest BCUT2D eigenvalue weighted by Crippen LogP contribution is -2.45. The number of nitrogens with one attached hydrogen (secondary N) is 1. The van der Waals surface area contributed by atoms with Gasteiger partial charge in [-0.1, -0.05) is 6.92 Å². The summed E-state index contributed by atoms with van der Waals surface area (Å²) in [5, 5.41) is 2.82. The second kappa shape index (κ2) is 7.60. The Morgan fingerprint density at radius 3 is 2.53 bits per heavy atom. The molecule has 0 aliphatic carbocycles. The molecule has 1 amide bonds. The first-order valence-corrected chi connectivity index (χ1v) is 7.04. The van der Waals surface area contributed by atoms with Crippen LogP contribution in [0.2, 0.25) is 0 Å². The molecule has 1 heterocycles. The van der Waals surface area contributed by atoms with Gasteiger partial charge in [-0.25, -0.2) is 0 Å². The Morgan fingerprint density at radius 1 is 1.32 bits per heavy atom. The minimum absolute atomic E-state index is 0.0106. The summed E-state index contributed by atoms with van der Waals surface area (Å²) < 4.78 is 11.2. The van der Waals surface area contributed by atoms with Gasteiger partial charge in [0.15, 0.2) is 5.79 Å². The predicted molar refractivity (Wildman–Crippen MR) is 71.7 cm³/mol. The highest BCUT2D eigenvalue weighted by atomic mass is 16.7. The summed E-state index contributed by atoms with van der Waals surface area (Å²) in [4.78, 5) is 23.0. The highest BCUT2D eigenvalue weighted by molar-refractivity contribution is 5.98. The highest BCUT2D eigenvalue weighted by Gasteiger charge is 2.31. The second-order valence-electron chi connectivity index (χ2n) is 5.32.